The Balaban J connectivity index is 1.35. The van der Waals surface area contributed by atoms with Crippen LogP contribution in [0.15, 0.2) is 128 Å². The van der Waals surface area contributed by atoms with E-state index < -0.39 is 0 Å². The molecule has 6 rings (SSSR count). The van der Waals surface area contributed by atoms with Crippen molar-refractivity contribution >= 4 is 0 Å². The molecule has 0 aliphatic carbocycles. The SMILES string of the molecule is c1ccc(-c2nc(-c3ccccc3)nc(-c3ccc(-c4ccc(-c5ccccn5)cn4)cc3)n2)cc1. The van der Waals surface area contributed by atoms with Crippen LogP contribution >= 0.6 is 0 Å². The summed E-state index contributed by atoms with van der Waals surface area (Å²) in [5, 5.41) is 0. The highest BCUT2D eigenvalue weighted by molar-refractivity contribution is 5.70. The van der Waals surface area contributed by atoms with Crippen molar-refractivity contribution in [2.75, 3.05) is 0 Å². The van der Waals surface area contributed by atoms with E-state index in [4.69, 9.17) is 15.0 Å². The first kappa shape index (κ1) is 21.5. The third-order valence-corrected chi connectivity index (χ3v) is 5.86. The quantitative estimate of drug-likeness (QED) is 0.275. The van der Waals surface area contributed by atoms with Crippen LogP contribution in [-0.2, 0) is 0 Å². The zero-order valence-corrected chi connectivity index (χ0v) is 19.4. The summed E-state index contributed by atoms with van der Waals surface area (Å²) in [4.78, 5) is 23.4. The predicted octanol–water partition coefficient (Wildman–Crippen LogP) is 7.00. The average Bonchev–Trinajstić information content (AvgIpc) is 2.98. The fourth-order valence-electron chi connectivity index (χ4n) is 3.98. The van der Waals surface area contributed by atoms with Gasteiger partial charge in [-0.25, -0.2) is 15.0 Å². The monoisotopic (exact) mass is 463 g/mol. The van der Waals surface area contributed by atoms with Crippen LogP contribution < -0.4 is 0 Å². The summed E-state index contributed by atoms with van der Waals surface area (Å²) in [5.41, 5.74) is 6.63. The van der Waals surface area contributed by atoms with Crippen molar-refractivity contribution in [2.45, 2.75) is 0 Å². The standard InChI is InChI=1S/C31H21N5/c1-3-9-23(10-4-1)29-34-30(24-11-5-2-6-12-24)36-31(35-29)25-16-14-22(15-17-25)28-19-18-26(21-33-28)27-13-7-8-20-32-27/h1-21H. The van der Waals surface area contributed by atoms with Gasteiger partial charge in [-0.15, -0.1) is 0 Å². The van der Waals surface area contributed by atoms with E-state index in [1.165, 1.54) is 0 Å². The zero-order chi connectivity index (χ0) is 24.2. The lowest BCUT2D eigenvalue weighted by atomic mass is 10.1. The Hall–Kier alpha value is -5.03. The van der Waals surface area contributed by atoms with Crippen molar-refractivity contribution in [1.29, 1.82) is 0 Å². The van der Waals surface area contributed by atoms with Crippen LogP contribution in [0.25, 0.3) is 56.7 Å². The topological polar surface area (TPSA) is 64.5 Å². The molecule has 36 heavy (non-hydrogen) atoms. The molecule has 170 valence electrons. The maximum Gasteiger partial charge on any atom is 0.164 e. The van der Waals surface area contributed by atoms with E-state index >= 15 is 0 Å². The Morgan fingerprint density at radius 1 is 0.333 bits per heavy atom. The van der Waals surface area contributed by atoms with Gasteiger partial charge in [0.25, 0.3) is 0 Å². The largest absolute Gasteiger partial charge is 0.256 e. The molecule has 3 aromatic carbocycles. The van der Waals surface area contributed by atoms with Gasteiger partial charge in [0.1, 0.15) is 0 Å². The summed E-state index contributed by atoms with van der Waals surface area (Å²) >= 11 is 0. The van der Waals surface area contributed by atoms with E-state index in [0.717, 1.165) is 39.2 Å². The Morgan fingerprint density at radius 2 is 0.806 bits per heavy atom. The van der Waals surface area contributed by atoms with Crippen LogP contribution in [0.3, 0.4) is 0 Å². The van der Waals surface area contributed by atoms with Gasteiger partial charge in [0.15, 0.2) is 17.5 Å². The summed E-state index contributed by atoms with van der Waals surface area (Å²) in [6.45, 7) is 0. The van der Waals surface area contributed by atoms with E-state index in [0.29, 0.717) is 17.5 Å². The van der Waals surface area contributed by atoms with Crippen molar-refractivity contribution in [3.8, 4) is 56.7 Å². The first-order valence-electron chi connectivity index (χ1n) is 11.7. The Labute approximate surface area is 209 Å². The smallest absolute Gasteiger partial charge is 0.164 e. The number of aromatic nitrogens is 5. The third-order valence-electron chi connectivity index (χ3n) is 5.86. The molecule has 0 bridgehead atoms. The Kier molecular flexibility index (Phi) is 5.78. The van der Waals surface area contributed by atoms with Crippen LogP contribution in [0.2, 0.25) is 0 Å². The lowest BCUT2D eigenvalue weighted by molar-refractivity contribution is 1.07. The summed E-state index contributed by atoms with van der Waals surface area (Å²) in [7, 11) is 0. The molecule has 5 heteroatoms. The van der Waals surface area contributed by atoms with E-state index in [2.05, 4.69) is 9.97 Å². The highest BCUT2D eigenvalue weighted by Gasteiger charge is 2.12. The minimum atomic E-state index is 0.632. The molecular weight excluding hydrogens is 442 g/mol. The van der Waals surface area contributed by atoms with Crippen molar-refractivity contribution in [2.24, 2.45) is 0 Å². The minimum Gasteiger partial charge on any atom is -0.256 e. The molecule has 3 heterocycles. The van der Waals surface area contributed by atoms with E-state index in [9.17, 15) is 0 Å². The molecule has 0 saturated carbocycles. The number of benzene rings is 3. The first-order chi connectivity index (χ1) is 17.8. The Morgan fingerprint density at radius 3 is 1.31 bits per heavy atom. The van der Waals surface area contributed by atoms with Gasteiger partial charge in [-0.2, -0.15) is 0 Å². The van der Waals surface area contributed by atoms with Crippen molar-refractivity contribution in [3.63, 3.8) is 0 Å². The van der Waals surface area contributed by atoms with Crippen molar-refractivity contribution in [3.05, 3.63) is 128 Å². The summed E-state index contributed by atoms with van der Waals surface area (Å²) in [6.07, 6.45) is 3.64. The predicted molar refractivity (Wildman–Crippen MR) is 143 cm³/mol. The number of nitrogens with zero attached hydrogens (tertiary/aromatic N) is 5. The van der Waals surface area contributed by atoms with E-state index in [1.54, 1.807) is 6.20 Å². The second-order valence-electron chi connectivity index (χ2n) is 8.26. The Bertz CT molecular complexity index is 1530. The molecule has 0 aliphatic rings. The van der Waals surface area contributed by atoms with Crippen molar-refractivity contribution in [1.82, 2.24) is 24.9 Å². The van der Waals surface area contributed by atoms with Gasteiger partial charge >= 0.3 is 0 Å². The fourth-order valence-corrected chi connectivity index (χ4v) is 3.98. The van der Waals surface area contributed by atoms with Crippen LogP contribution in [0.5, 0.6) is 0 Å². The average molecular weight is 464 g/mol. The third kappa shape index (κ3) is 4.50. The molecule has 5 nitrogen and oxygen atoms in total. The number of pyridine rings is 2. The second kappa shape index (κ2) is 9.68. The van der Waals surface area contributed by atoms with Gasteiger partial charge in [0.05, 0.1) is 11.4 Å². The van der Waals surface area contributed by atoms with Gasteiger partial charge < -0.3 is 0 Å². The lowest BCUT2D eigenvalue weighted by Gasteiger charge is -2.09. The van der Waals surface area contributed by atoms with Crippen LogP contribution in [-0.4, -0.2) is 24.9 Å². The molecule has 3 aromatic heterocycles. The first-order valence-corrected chi connectivity index (χ1v) is 11.7. The zero-order valence-electron chi connectivity index (χ0n) is 19.4. The van der Waals surface area contributed by atoms with Gasteiger partial charge in [-0.05, 0) is 24.3 Å². The molecule has 0 amide bonds. The van der Waals surface area contributed by atoms with E-state index in [1.807, 2.05) is 121 Å². The molecule has 0 radical (unpaired) electrons. The summed E-state index contributed by atoms with van der Waals surface area (Å²) < 4.78 is 0. The lowest BCUT2D eigenvalue weighted by Crippen LogP contribution is -2.00. The normalized spacial score (nSPS) is 10.8. The van der Waals surface area contributed by atoms with Gasteiger partial charge in [0.2, 0.25) is 0 Å². The van der Waals surface area contributed by atoms with E-state index in [-0.39, 0.29) is 0 Å². The number of hydrogen-bond acceptors (Lipinski definition) is 5. The molecule has 0 spiro atoms. The molecule has 0 aliphatic heterocycles. The van der Waals surface area contributed by atoms with Crippen molar-refractivity contribution < 1.29 is 0 Å². The molecule has 0 unspecified atom stereocenters. The highest BCUT2D eigenvalue weighted by atomic mass is 15.0. The highest BCUT2D eigenvalue weighted by Crippen LogP contribution is 2.27. The minimum absolute atomic E-state index is 0.632. The maximum atomic E-state index is 4.80. The van der Waals surface area contributed by atoms with Crippen LogP contribution in [0, 0.1) is 0 Å². The number of rotatable bonds is 5. The summed E-state index contributed by atoms with van der Waals surface area (Å²) in [6, 6.07) is 38.0. The van der Waals surface area contributed by atoms with Gasteiger partial charge in [-0.3, -0.25) is 9.97 Å². The van der Waals surface area contributed by atoms with Crippen LogP contribution in [0.4, 0.5) is 0 Å². The van der Waals surface area contributed by atoms with Gasteiger partial charge in [-0.1, -0.05) is 91.0 Å². The fraction of sp³-hybridized carbons (Fsp3) is 0. The number of hydrogen-bond donors (Lipinski definition) is 0. The molecule has 0 saturated heterocycles. The molecule has 0 fully saturated rings. The maximum absolute atomic E-state index is 4.80. The molecule has 0 N–H and O–H groups in total. The van der Waals surface area contributed by atoms with Crippen LogP contribution in [0.1, 0.15) is 0 Å². The summed E-state index contributed by atoms with van der Waals surface area (Å²) in [5.74, 6) is 1.93. The molecule has 0 atom stereocenters. The molecule has 6 aromatic rings. The molecular formula is C31H21N5. The second-order valence-corrected chi connectivity index (χ2v) is 8.26. The van der Waals surface area contributed by atoms with Gasteiger partial charge in [0, 0.05) is 40.2 Å².